The quantitative estimate of drug-likeness (QED) is 0.760. The first-order valence-electron chi connectivity index (χ1n) is 5.02. The standard InChI is InChI=1S/C8H11N3O5S2/c12-7(13)6-8(17-5-9-6)18(14,15)10-11-1-3-16-4-2-11/h5,10H,1-4H2,(H,12,13). The van der Waals surface area contributed by atoms with E-state index in [0.29, 0.717) is 26.3 Å². The van der Waals surface area contributed by atoms with Crippen LogP contribution in [0.4, 0.5) is 0 Å². The van der Waals surface area contributed by atoms with Crippen LogP contribution < -0.4 is 4.83 Å². The molecular formula is C8H11N3O5S2. The zero-order valence-electron chi connectivity index (χ0n) is 9.20. The molecule has 0 aromatic carbocycles. The Kier molecular flexibility index (Phi) is 3.92. The number of sulfonamides is 1. The van der Waals surface area contributed by atoms with Gasteiger partial charge in [0.05, 0.1) is 18.7 Å². The zero-order valence-corrected chi connectivity index (χ0v) is 10.8. The predicted molar refractivity (Wildman–Crippen MR) is 61.8 cm³/mol. The van der Waals surface area contributed by atoms with E-state index in [9.17, 15) is 13.2 Å². The molecule has 1 aromatic heterocycles. The topological polar surface area (TPSA) is 109 Å². The van der Waals surface area contributed by atoms with Gasteiger partial charge in [-0.05, 0) is 0 Å². The number of aromatic nitrogens is 1. The molecule has 10 heteroatoms. The van der Waals surface area contributed by atoms with Gasteiger partial charge in [0.25, 0.3) is 10.0 Å². The monoisotopic (exact) mass is 293 g/mol. The lowest BCUT2D eigenvalue weighted by atomic mass is 10.5. The maximum absolute atomic E-state index is 12.0. The lowest BCUT2D eigenvalue weighted by Gasteiger charge is -2.26. The molecule has 1 fully saturated rings. The van der Waals surface area contributed by atoms with Gasteiger partial charge in [0.15, 0.2) is 9.90 Å². The normalized spacial score (nSPS) is 17.8. The van der Waals surface area contributed by atoms with Crippen LogP contribution in [0.5, 0.6) is 0 Å². The SMILES string of the molecule is O=C(O)c1ncsc1S(=O)(=O)NN1CCOCC1. The summed E-state index contributed by atoms with van der Waals surface area (Å²) in [6, 6.07) is 0. The molecule has 1 aliphatic heterocycles. The third-order valence-corrected chi connectivity index (χ3v) is 4.99. The Hall–Kier alpha value is -1.07. The number of nitrogens with one attached hydrogen (secondary N) is 1. The van der Waals surface area contributed by atoms with Crippen LogP contribution in [0, 0.1) is 0 Å². The molecule has 2 N–H and O–H groups in total. The van der Waals surface area contributed by atoms with Crippen LogP contribution in [0.25, 0.3) is 0 Å². The number of hydrogen-bond donors (Lipinski definition) is 2. The second kappa shape index (κ2) is 5.28. The molecule has 2 rings (SSSR count). The number of rotatable bonds is 4. The highest BCUT2D eigenvalue weighted by Gasteiger charge is 2.28. The smallest absolute Gasteiger partial charge is 0.356 e. The van der Waals surface area contributed by atoms with Gasteiger partial charge in [0.1, 0.15) is 0 Å². The lowest BCUT2D eigenvalue weighted by molar-refractivity contribution is 0.0272. The second-order valence-corrected chi connectivity index (χ2v) is 6.20. The number of hydrogen-bond acceptors (Lipinski definition) is 7. The maximum atomic E-state index is 12.0. The van der Waals surface area contributed by atoms with E-state index >= 15 is 0 Å². The van der Waals surface area contributed by atoms with Crippen LogP contribution in [0.15, 0.2) is 9.72 Å². The molecule has 0 atom stereocenters. The first-order valence-corrected chi connectivity index (χ1v) is 7.39. The van der Waals surface area contributed by atoms with Crippen molar-refractivity contribution < 1.29 is 23.1 Å². The summed E-state index contributed by atoms with van der Waals surface area (Å²) in [4.78, 5) is 16.7. The number of morpholine rings is 1. The average molecular weight is 293 g/mol. The number of aromatic carboxylic acids is 1. The molecule has 18 heavy (non-hydrogen) atoms. The molecule has 1 aromatic rings. The summed E-state index contributed by atoms with van der Waals surface area (Å²) in [5, 5.41) is 10.3. The Morgan fingerprint density at radius 1 is 1.50 bits per heavy atom. The highest BCUT2D eigenvalue weighted by molar-refractivity contribution is 7.91. The van der Waals surface area contributed by atoms with E-state index in [2.05, 4.69) is 9.82 Å². The fourth-order valence-corrected chi connectivity index (χ4v) is 3.69. The van der Waals surface area contributed by atoms with Gasteiger partial charge >= 0.3 is 5.97 Å². The minimum atomic E-state index is -3.90. The molecule has 0 spiro atoms. The van der Waals surface area contributed by atoms with E-state index in [4.69, 9.17) is 9.84 Å². The largest absolute Gasteiger partial charge is 0.476 e. The van der Waals surface area contributed by atoms with Crippen molar-refractivity contribution in [3.8, 4) is 0 Å². The summed E-state index contributed by atoms with van der Waals surface area (Å²) in [7, 11) is -3.90. The van der Waals surface area contributed by atoms with Crippen LogP contribution in [-0.2, 0) is 14.8 Å². The molecule has 1 saturated heterocycles. The number of nitrogens with zero attached hydrogens (tertiary/aromatic N) is 2. The van der Waals surface area contributed by atoms with Gasteiger partial charge in [-0.3, -0.25) is 0 Å². The van der Waals surface area contributed by atoms with Crippen LogP contribution in [0.1, 0.15) is 10.5 Å². The number of carboxylic acid groups (broad SMARTS) is 1. The highest BCUT2D eigenvalue weighted by Crippen LogP contribution is 2.20. The number of ether oxygens (including phenoxy) is 1. The molecular weight excluding hydrogens is 282 g/mol. The van der Waals surface area contributed by atoms with Gasteiger partial charge < -0.3 is 9.84 Å². The average Bonchev–Trinajstić information content (AvgIpc) is 2.79. The summed E-state index contributed by atoms with van der Waals surface area (Å²) in [6.45, 7) is 1.69. The van der Waals surface area contributed by atoms with E-state index in [1.54, 1.807) is 0 Å². The number of hydrazine groups is 1. The minimum Gasteiger partial charge on any atom is -0.476 e. The molecule has 0 radical (unpaired) electrons. The Labute approximate surface area is 107 Å². The van der Waals surface area contributed by atoms with Crippen molar-refractivity contribution in [2.75, 3.05) is 26.3 Å². The van der Waals surface area contributed by atoms with Gasteiger partial charge in [-0.25, -0.2) is 23.2 Å². The third kappa shape index (κ3) is 2.84. The highest BCUT2D eigenvalue weighted by atomic mass is 32.2. The summed E-state index contributed by atoms with van der Waals surface area (Å²) in [5.41, 5.74) is 0.734. The molecule has 100 valence electrons. The Balaban J connectivity index is 2.19. The summed E-state index contributed by atoms with van der Waals surface area (Å²) in [5.74, 6) is -1.36. The van der Waals surface area contributed by atoms with Gasteiger partial charge in [-0.2, -0.15) is 0 Å². The van der Waals surface area contributed by atoms with E-state index in [-0.39, 0.29) is 4.21 Å². The van der Waals surface area contributed by atoms with Crippen molar-refractivity contribution in [3.63, 3.8) is 0 Å². The summed E-state index contributed by atoms with van der Waals surface area (Å²) < 4.78 is 28.8. The zero-order chi connectivity index (χ0) is 13.2. The van der Waals surface area contributed by atoms with Gasteiger partial charge in [-0.15, -0.1) is 16.2 Å². The molecule has 0 aliphatic carbocycles. The van der Waals surface area contributed by atoms with E-state index < -0.39 is 21.7 Å². The van der Waals surface area contributed by atoms with Gasteiger partial charge in [0, 0.05) is 13.1 Å². The molecule has 2 heterocycles. The molecule has 8 nitrogen and oxygen atoms in total. The summed E-state index contributed by atoms with van der Waals surface area (Å²) >= 11 is 0.773. The molecule has 0 amide bonds. The number of carboxylic acids is 1. The third-order valence-electron chi connectivity index (χ3n) is 2.24. The molecule has 0 bridgehead atoms. The maximum Gasteiger partial charge on any atom is 0.356 e. The van der Waals surface area contributed by atoms with Crippen LogP contribution in [0.3, 0.4) is 0 Å². The van der Waals surface area contributed by atoms with Crippen molar-refractivity contribution in [3.05, 3.63) is 11.2 Å². The lowest BCUT2D eigenvalue weighted by Crippen LogP contribution is -2.48. The molecule has 0 unspecified atom stereocenters. The molecule has 1 aliphatic rings. The van der Waals surface area contributed by atoms with Crippen molar-refractivity contribution in [2.45, 2.75) is 4.21 Å². The van der Waals surface area contributed by atoms with Gasteiger partial charge in [0.2, 0.25) is 0 Å². The van der Waals surface area contributed by atoms with Crippen molar-refractivity contribution >= 4 is 27.3 Å². The number of carbonyl (C=O) groups is 1. The van der Waals surface area contributed by atoms with Crippen LogP contribution >= 0.6 is 11.3 Å². The fourth-order valence-electron chi connectivity index (χ4n) is 1.43. The van der Waals surface area contributed by atoms with Gasteiger partial charge in [-0.1, -0.05) is 0 Å². The second-order valence-electron chi connectivity index (χ2n) is 3.49. The first kappa shape index (κ1) is 13.4. The van der Waals surface area contributed by atoms with E-state index in [0.717, 1.165) is 11.3 Å². The van der Waals surface area contributed by atoms with E-state index in [1.165, 1.54) is 10.5 Å². The predicted octanol–water partition coefficient (Wildman–Crippen LogP) is -0.633. The fraction of sp³-hybridized carbons (Fsp3) is 0.500. The molecule has 0 saturated carbocycles. The summed E-state index contributed by atoms with van der Waals surface area (Å²) in [6.07, 6.45) is 0. The number of thiazole rings is 1. The minimum absolute atomic E-state index is 0.290. The van der Waals surface area contributed by atoms with Crippen molar-refractivity contribution in [2.24, 2.45) is 0 Å². The Bertz CT molecular complexity index is 535. The van der Waals surface area contributed by atoms with E-state index in [1.807, 2.05) is 0 Å². The van der Waals surface area contributed by atoms with Crippen LogP contribution in [0.2, 0.25) is 0 Å². The van der Waals surface area contributed by atoms with Crippen LogP contribution in [-0.4, -0.2) is 55.8 Å². The van der Waals surface area contributed by atoms with Crippen molar-refractivity contribution in [1.82, 2.24) is 14.8 Å². The van der Waals surface area contributed by atoms with Crippen molar-refractivity contribution in [1.29, 1.82) is 0 Å². The first-order chi connectivity index (χ1) is 8.50. The Morgan fingerprint density at radius 3 is 2.78 bits per heavy atom. The Morgan fingerprint density at radius 2 is 2.17 bits per heavy atom.